The summed E-state index contributed by atoms with van der Waals surface area (Å²) in [6.07, 6.45) is -2.91. The van der Waals surface area contributed by atoms with Gasteiger partial charge < -0.3 is 24.8 Å². The average Bonchev–Trinajstić information content (AvgIpc) is 2.91. The number of nitrogens with zero attached hydrogens (tertiary/aromatic N) is 5. The van der Waals surface area contributed by atoms with E-state index in [1.54, 1.807) is 24.2 Å². The number of alkyl halides is 3. The van der Waals surface area contributed by atoms with Gasteiger partial charge in [0, 0.05) is 57.9 Å². The number of carbonyl (C=O) groups is 1. The number of halogens is 5. The van der Waals surface area contributed by atoms with Crippen LogP contribution in [0.15, 0.2) is 36.5 Å². The van der Waals surface area contributed by atoms with Gasteiger partial charge in [0.2, 0.25) is 0 Å². The summed E-state index contributed by atoms with van der Waals surface area (Å²) in [6, 6.07) is 4.43. The molecule has 1 N–H and O–H groups in total. The molecule has 2 aromatic carbocycles. The fraction of sp³-hybridized carbons (Fsp3) is 0.423. The van der Waals surface area contributed by atoms with Gasteiger partial charge in [0.1, 0.15) is 29.0 Å². The van der Waals surface area contributed by atoms with Crippen LogP contribution in [0.25, 0.3) is 11.0 Å². The van der Waals surface area contributed by atoms with Crippen molar-refractivity contribution in [1.29, 1.82) is 0 Å². The minimum Gasteiger partial charge on any atom is -0.378 e. The van der Waals surface area contributed by atoms with E-state index in [1.165, 1.54) is 18.2 Å². The fourth-order valence-electron chi connectivity index (χ4n) is 4.84. The molecule has 1 amide bonds. The first-order chi connectivity index (χ1) is 18.6. The number of morpholine rings is 1. The SMILES string of the molecule is CN(Cc1cc(F)cc(F)c1)c1cc(C(=O)N2CCNC(C(F)(F)F)C2)cc2ncc(N3CCOCC3)nc12. The largest absolute Gasteiger partial charge is 0.405 e. The van der Waals surface area contributed by atoms with E-state index < -0.39 is 36.3 Å². The Hall–Kier alpha value is -3.58. The third kappa shape index (κ3) is 6.04. The molecule has 8 nitrogen and oxygen atoms in total. The first-order valence-corrected chi connectivity index (χ1v) is 12.5. The standard InChI is InChI=1S/C26H27F5N6O2/c1-35(14-16-8-18(27)12-19(28)9-16)21-11-17(25(38)37-3-2-32-22(15-37)26(29,30)31)10-20-24(21)34-23(13-33-20)36-4-6-39-7-5-36/h8-13,22,32H,2-7,14-15H2,1H3. The Kier molecular flexibility index (Phi) is 7.54. The number of carbonyl (C=O) groups excluding carboxylic acids is 1. The number of benzene rings is 2. The van der Waals surface area contributed by atoms with E-state index in [0.29, 0.717) is 54.4 Å². The molecule has 0 spiro atoms. The second kappa shape index (κ2) is 10.9. The van der Waals surface area contributed by atoms with Crippen LogP contribution in [0.2, 0.25) is 0 Å². The van der Waals surface area contributed by atoms with Crippen LogP contribution in [0.1, 0.15) is 15.9 Å². The Morgan fingerprint density at radius 3 is 2.51 bits per heavy atom. The molecular weight excluding hydrogens is 523 g/mol. The molecule has 208 valence electrons. The van der Waals surface area contributed by atoms with Gasteiger partial charge in [-0.25, -0.2) is 13.8 Å². The van der Waals surface area contributed by atoms with Crippen LogP contribution in [0.3, 0.4) is 0 Å². The van der Waals surface area contributed by atoms with Gasteiger partial charge in [-0.3, -0.25) is 9.78 Å². The van der Waals surface area contributed by atoms with Crippen molar-refractivity contribution in [2.24, 2.45) is 0 Å². The molecule has 3 aromatic rings. The molecule has 3 heterocycles. The number of hydrogen-bond donors (Lipinski definition) is 1. The van der Waals surface area contributed by atoms with E-state index in [2.05, 4.69) is 10.3 Å². The average molecular weight is 551 g/mol. The molecule has 1 unspecified atom stereocenters. The molecule has 39 heavy (non-hydrogen) atoms. The van der Waals surface area contributed by atoms with Crippen molar-refractivity contribution in [1.82, 2.24) is 20.2 Å². The number of aromatic nitrogens is 2. The summed E-state index contributed by atoms with van der Waals surface area (Å²) < 4.78 is 73.1. The van der Waals surface area contributed by atoms with Crippen molar-refractivity contribution in [3.05, 3.63) is 59.3 Å². The molecule has 2 fully saturated rings. The number of anilines is 2. The predicted octanol–water partition coefficient (Wildman–Crippen LogP) is 3.36. The molecule has 1 aromatic heterocycles. The van der Waals surface area contributed by atoms with Crippen molar-refractivity contribution < 1.29 is 31.5 Å². The summed E-state index contributed by atoms with van der Waals surface area (Å²) >= 11 is 0. The highest BCUT2D eigenvalue weighted by molar-refractivity contribution is 6.01. The summed E-state index contributed by atoms with van der Waals surface area (Å²) in [5, 5.41) is 2.40. The van der Waals surface area contributed by atoms with Gasteiger partial charge in [-0.2, -0.15) is 13.2 Å². The molecule has 0 aliphatic carbocycles. The van der Waals surface area contributed by atoms with Crippen LogP contribution in [0.4, 0.5) is 33.5 Å². The third-order valence-electron chi connectivity index (χ3n) is 6.81. The lowest BCUT2D eigenvalue weighted by atomic mass is 10.1. The van der Waals surface area contributed by atoms with Crippen LogP contribution in [0, 0.1) is 11.6 Å². The normalized spacial score (nSPS) is 18.5. The first-order valence-electron chi connectivity index (χ1n) is 12.5. The molecule has 1 atom stereocenters. The lowest BCUT2D eigenvalue weighted by Gasteiger charge is -2.35. The molecule has 5 rings (SSSR count). The van der Waals surface area contributed by atoms with E-state index in [-0.39, 0.29) is 25.2 Å². The van der Waals surface area contributed by atoms with Crippen molar-refractivity contribution in [3.8, 4) is 0 Å². The monoisotopic (exact) mass is 550 g/mol. The van der Waals surface area contributed by atoms with E-state index in [4.69, 9.17) is 9.72 Å². The zero-order valence-electron chi connectivity index (χ0n) is 21.1. The second-order valence-corrected chi connectivity index (χ2v) is 9.62. The van der Waals surface area contributed by atoms with Gasteiger partial charge >= 0.3 is 6.18 Å². The van der Waals surface area contributed by atoms with Crippen molar-refractivity contribution >= 4 is 28.4 Å². The number of amides is 1. The summed E-state index contributed by atoms with van der Waals surface area (Å²) in [4.78, 5) is 27.6. The second-order valence-electron chi connectivity index (χ2n) is 9.62. The minimum absolute atomic E-state index is 0.00408. The number of ether oxygens (including phenoxy) is 1. The van der Waals surface area contributed by atoms with Gasteiger partial charge in [-0.05, 0) is 29.8 Å². The molecule has 0 bridgehead atoms. The Labute approximate surface area is 221 Å². The highest BCUT2D eigenvalue weighted by Crippen LogP contribution is 2.30. The molecule has 2 aliphatic rings. The third-order valence-corrected chi connectivity index (χ3v) is 6.81. The Morgan fingerprint density at radius 2 is 1.82 bits per heavy atom. The van der Waals surface area contributed by atoms with Gasteiger partial charge in [-0.1, -0.05) is 0 Å². The summed E-state index contributed by atoms with van der Waals surface area (Å²) in [7, 11) is 1.68. The number of nitrogens with one attached hydrogen (secondary N) is 1. The Bertz CT molecular complexity index is 1340. The van der Waals surface area contributed by atoms with Gasteiger partial charge in [0.15, 0.2) is 0 Å². The van der Waals surface area contributed by atoms with E-state index >= 15 is 0 Å². The van der Waals surface area contributed by atoms with Crippen LogP contribution in [-0.4, -0.2) is 86.0 Å². The lowest BCUT2D eigenvalue weighted by Crippen LogP contribution is -2.58. The lowest BCUT2D eigenvalue weighted by molar-refractivity contribution is -0.162. The highest BCUT2D eigenvalue weighted by Gasteiger charge is 2.43. The number of fused-ring (bicyclic) bond motifs is 1. The number of hydrogen-bond acceptors (Lipinski definition) is 7. The van der Waals surface area contributed by atoms with Crippen molar-refractivity contribution in [3.63, 3.8) is 0 Å². The topological polar surface area (TPSA) is 73.8 Å². The minimum atomic E-state index is -4.49. The maximum atomic E-state index is 13.9. The molecular formula is C26H27F5N6O2. The summed E-state index contributed by atoms with van der Waals surface area (Å²) in [6.45, 7) is 1.98. The van der Waals surface area contributed by atoms with Gasteiger partial charge in [0.25, 0.3) is 5.91 Å². The Balaban J connectivity index is 1.53. The van der Waals surface area contributed by atoms with Crippen LogP contribution < -0.4 is 15.1 Å². The summed E-state index contributed by atoms with van der Waals surface area (Å²) in [5.74, 6) is -1.41. The van der Waals surface area contributed by atoms with Crippen LogP contribution in [0.5, 0.6) is 0 Å². The maximum absolute atomic E-state index is 13.9. The molecule has 2 aliphatic heterocycles. The van der Waals surface area contributed by atoms with Crippen LogP contribution >= 0.6 is 0 Å². The van der Waals surface area contributed by atoms with E-state index in [9.17, 15) is 26.7 Å². The van der Waals surface area contributed by atoms with Crippen molar-refractivity contribution in [2.45, 2.75) is 18.8 Å². The van der Waals surface area contributed by atoms with Gasteiger partial charge in [-0.15, -0.1) is 0 Å². The number of rotatable bonds is 5. The zero-order chi connectivity index (χ0) is 27.7. The Morgan fingerprint density at radius 1 is 1.10 bits per heavy atom. The highest BCUT2D eigenvalue weighted by atomic mass is 19.4. The smallest absolute Gasteiger partial charge is 0.378 e. The molecule has 2 saturated heterocycles. The quantitative estimate of drug-likeness (QED) is 0.489. The maximum Gasteiger partial charge on any atom is 0.405 e. The fourth-order valence-corrected chi connectivity index (χ4v) is 4.84. The molecule has 0 radical (unpaired) electrons. The molecule has 13 heteroatoms. The zero-order valence-corrected chi connectivity index (χ0v) is 21.1. The first kappa shape index (κ1) is 27.0. The summed E-state index contributed by atoms with van der Waals surface area (Å²) in [5.41, 5.74) is 1.76. The number of piperazine rings is 1. The van der Waals surface area contributed by atoms with E-state index in [1.807, 2.05) is 4.90 Å². The van der Waals surface area contributed by atoms with Crippen LogP contribution in [-0.2, 0) is 11.3 Å². The molecule has 0 saturated carbocycles. The van der Waals surface area contributed by atoms with E-state index in [0.717, 1.165) is 11.0 Å². The van der Waals surface area contributed by atoms with Gasteiger partial charge in [0.05, 0.1) is 30.6 Å². The predicted molar refractivity (Wildman–Crippen MR) is 135 cm³/mol. The van der Waals surface area contributed by atoms with Crippen molar-refractivity contribution in [2.75, 3.05) is 62.8 Å².